The van der Waals surface area contributed by atoms with Gasteiger partial charge in [0.05, 0.1) is 6.42 Å². The summed E-state index contributed by atoms with van der Waals surface area (Å²) in [5.41, 5.74) is 0. The summed E-state index contributed by atoms with van der Waals surface area (Å²) in [6, 6.07) is 0. The summed E-state index contributed by atoms with van der Waals surface area (Å²) in [4.78, 5) is 10.1. The van der Waals surface area contributed by atoms with Gasteiger partial charge in [0.1, 0.15) is 0 Å². The Morgan fingerprint density at radius 3 is 2.69 bits per heavy atom. The lowest BCUT2D eigenvalue weighted by Gasteiger charge is -2.01. The normalized spacial score (nSPS) is 9.85. The van der Waals surface area contributed by atoms with Crippen molar-refractivity contribution in [1.82, 2.24) is 5.32 Å². The lowest BCUT2D eigenvalue weighted by atomic mass is 10.2. The van der Waals surface area contributed by atoms with Crippen molar-refractivity contribution in [2.75, 3.05) is 13.1 Å². The van der Waals surface area contributed by atoms with E-state index >= 15 is 0 Å². The maximum Gasteiger partial charge on any atom is 0.304 e. The van der Waals surface area contributed by atoms with Gasteiger partial charge in [-0.25, -0.2) is 0 Å². The van der Waals surface area contributed by atoms with Crippen LogP contribution in [0.2, 0.25) is 0 Å². The summed E-state index contributed by atoms with van der Waals surface area (Å²) in [5.74, 6) is -0.737. The Morgan fingerprint density at radius 2 is 2.08 bits per heavy atom. The topological polar surface area (TPSA) is 49.3 Å². The van der Waals surface area contributed by atoms with E-state index in [0.717, 1.165) is 19.4 Å². The van der Waals surface area contributed by atoms with Crippen LogP contribution in [0.5, 0.6) is 0 Å². The van der Waals surface area contributed by atoms with E-state index in [1.54, 1.807) is 0 Å². The lowest BCUT2D eigenvalue weighted by molar-refractivity contribution is -0.136. The third kappa shape index (κ3) is 11.2. The van der Waals surface area contributed by atoms with Crippen LogP contribution >= 0.6 is 0 Å². The maximum atomic E-state index is 10.1. The minimum Gasteiger partial charge on any atom is -0.481 e. The Labute approximate surface area is 79.8 Å². The SMILES string of the molecule is C=CCCCCCNCCC(=O)O. The van der Waals surface area contributed by atoms with Crippen molar-refractivity contribution in [2.45, 2.75) is 32.1 Å². The Balaban J connectivity index is 2.91. The summed E-state index contributed by atoms with van der Waals surface area (Å²) in [6.45, 7) is 5.15. The van der Waals surface area contributed by atoms with Gasteiger partial charge in [-0.3, -0.25) is 4.79 Å². The first-order chi connectivity index (χ1) is 6.27. The second-order valence-corrected chi connectivity index (χ2v) is 3.03. The summed E-state index contributed by atoms with van der Waals surface area (Å²) >= 11 is 0. The standard InChI is InChI=1S/C10H19NO2/c1-2-3-4-5-6-8-11-9-7-10(12)13/h2,11H,1,3-9H2,(H,12,13). The zero-order valence-electron chi connectivity index (χ0n) is 8.09. The number of allylic oxidation sites excluding steroid dienone is 1. The van der Waals surface area contributed by atoms with Crippen LogP contribution in [-0.4, -0.2) is 24.2 Å². The molecular formula is C10H19NO2. The van der Waals surface area contributed by atoms with Gasteiger partial charge >= 0.3 is 5.97 Å². The molecule has 76 valence electrons. The number of hydrogen-bond donors (Lipinski definition) is 2. The van der Waals surface area contributed by atoms with E-state index in [9.17, 15) is 4.79 Å². The fourth-order valence-electron chi connectivity index (χ4n) is 1.04. The summed E-state index contributed by atoms with van der Waals surface area (Å²) < 4.78 is 0. The molecule has 0 aromatic heterocycles. The van der Waals surface area contributed by atoms with E-state index in [2.05, 4.69) is 11.9 Å². The Kier molecular flexibility index (Phi) is 8.67. The molecule has 0 aromatic rings. The third-order valence-corrected chi connectivity index (χ3v) is 1.78. The number of nitrogens with one attached hydrogen (secondary N) is 1. The summed E-state index contributed by atoms with van der Waals surface area (Å²) in [7, 11) is 0. The number of carboxylic acid groups (broad SMARTS) is 1. The fourth-order valence-corrected chi connectivity index (χ4v) is 1.04. The van der Waals surface area contributed by atoms with Crippen LogP contribution in [0, 0.1) is 0 Å². The largest absolute Gasteiger partial charge is 0.481 e. The van der Waals surface area contributed by atoms with Gasteiger partial charge in [-0.2, -0.15) is 0 Å². The maximum absolute atomic E-state index is 10.1. The third-order valence-electron chi connectivity index (χ3n) is 1.78. The van der Waals surface area contributed by atoms with Crippen molar-refractivity contribution < 1.29 is 9.90 Å². The molecule has 0 rings (SSSR count). The molecule has 0 aliphatic heterocycles. The molecular weight excluding hydrogens is 166 g/mol. The first-order valence-corrected chi connectivity index (χ1v) is 4.80. The Morgan fingerprint density at radius 1 is 1.31 bits per heavy atom. The lowest BCUT2D eigenvalue weighted by Crippen LogP contribution is -2.19. The van der Waals surface area contributed by atoms with Gasteiger partial charge in [0.15, 0.2) is 0 Å². The molecule has 13 heavy (non-hydrogen) atoms. The molecule has 0 aliphatic rings. The molecule has 0 heterocycles. The van der Waals surface area contributed by atoms with Crippen LogP contribution in [0.4, 0.5) is 0 Å². The molecule has 0 unspecified atom stereocenters. The van der Waals surface area contributed by atoms with E-state index in [-0.39, 0.29) is 6.42 Å². The van der Waals surface area contributed by atoms with Gasteiger partial charge in [-0.05, 0) is 25.8 Å². The molecule has 0 aromatic carbocycles. The highest BCUT2D eigenvalue weighted by atomic mass is 16.4. The quantitative estimate of drug-likeness (QED) is 0.425. The molecule has 0 fully saturated rings. The minimum absolute atomic E-state index is 0.215. The number of aliphatic carboxylic acids is 1. The monoisotopic (exact) mass is 185 g/mol. The first kappa shape index (κ1) is 12.2. The van der Waals surface area contributed by atoms with E-state index < -0.39 is 5.97 Å². The zero-order valence-corrected chi connectivity index (χ0v) is 8.09. The van der Waals surface area contributed by atoms with Crippen molar-refractivity contribution in [3.8, 4) is 0 Å². The van der Waals surface area contributed by atoms with E-state index in [1.807, 2.05) is 6.08 Å². The van der Waals surface area contributed by atoms with Crippen LogP contribution in [0.3, 0.4) is 0 Å². The van der Waals surface area contributed by atoms with Crippen LogP contribution < -0.4 is 5.32 Å². The van der Waals surface area contributed by atoms with E-state index in [4.69, 9.17) is 5.11 Å². The highest BCUT2D eigenvalue weighted by Gasteiger charge is 1.94. The second kappa shape index (κ2) is 9.26. The Bertz CT molecular complexity index is 146. The van der Waals surface area contributed by atoms with Crippen LogP contribution in [0.15, 0.2) is 12.7 Å². The number of unbranched alkanes of at least 4 members (excludes halogenated alkanes) is 3. The van der Waals surface area contributed by atoms with Gasteiger partial charge < -0.3 is 10.4 Å². The molecule has 2 N–H and O–H groups in total. The summed E-state index contributed by atoms with van der Waals surface area (Å²) in [6.07, 6.45) is 6.71. The number of hydrogen-bond acceptors (Lipinski definition) is 2. The van der Waals surface area contributed by atoms with E-state index in [1.165, 1.54) is 12.8 Å². The van der Waals surface area contributed by atoms with Crippen LogP contribution in [-0.2, 0) is 4.79 Å². The molecule has 0 saturated carbocycles. The predicted octanol–water partition coefficient (Wildman–Crippen LogP) is 1.80. The average molecular weight is 185 g/mol. The predicted molar refractivity (Wildman–Crippen MR) is 53.8 cm³/mol. The number of carboxylic acids is 1. The van der Waals surface area contributed by atoms with Gasteiger partial charge in [0, 0.05) is 6.54 Å². The van der Waals surface area contributed by atoms with Crippen molar-refractivity contribution in [3.05, 3.63) is 12.7 Å². The molecule has 0 atom stereocenters. The van der Waals surface area contributed by atoms with Gasteiger partial charge in [0.2, 0.25) is 0 Å². The van der Waals surface area contributed by atoms with Crippen LogP contribution in [0.1, 0.15) is 32.1 Å². The molecule has 0 radical (unpaired) electrons. The minimum atomic E-state index is -0.737. The molecule has 0 bridgehead atoms. The van der Waals surface area contributed by atoms with Gasteiger partial charge in [-0.15, -0.1) is 6.58 Å². The number of carbonyl (C=O) groups is 1. The number of rotatable bonds is 9. The smallest absolute Gasteiger partial charge is 0.304 e. The zero-order chi connectivity index (χ0) is 9.94. The molecule has 0 aliphatic carbocycles. The van der Waals surface area contributed by atoms with Crippen LogP contribution in [0.25, 0.3) is 0 Å². The highest BCUT2D eigenvalue weighted by molar-refractivity contribution is 5.66. The molecule has 0 spiro atoms. The van der Waals surface area contributed by atoms with Gasteiger partial charge in [0.25, 0.3) is 0 Å². The molecule has 3 nitrogen and oxygen atoms in total. The van der Waals surface area contributed by atoms with Gasteiger partial charge in [-0.1, -0.05) is 12.5 Å². The summed E-state index contributed by atoms with van der Waals surface area (Å²) in [5, 5.41) is 11.4. The van der Waals surface area contributed by atoms with Crippen molar-refractivity contribution in [1.29, 1.82) is 0 Å². The average Bonchev–Trinajstić information content (AvgIpc) is 2.09. The Hall–Kier alpha value is -0.830. The molecule has 3 heteroatoms. The van der Waals surface area contributed by atoms with E-state index in [0.29, 0.717) is 6.54 Å². The van der Waals surface area contributed by atoms with Crippen molar-refractivity contribution in [2.24, 2.45) is 0 Å². The second-order valence-electron chi connectivity index (χ2n) is 3.03. The fraction of sp³-hybridized carbons (Fsp3) is 0.700. The molecule has 0 amide bonds. The van der Waals surface area contributed by atoms with Crippen molar-refractivity contribution in [3.63, 3.8) is 0 Å². The molecule has 0 saturated heterocycles. The first-order valence-electron chi connectivity index (χ1n) is 4.80. The highest BCUT2D eigenvalue weighted by Crippen LogP contribution is 1.98. The van der Waals surface area contributed by atoms with Crippen molar-refractivity contribution >= 4 is 5.97 Å².